The average Bonchev–Trinajstić information content (AvgIpc) is 3.41. The van der Waals surface area contributed by atoms with Crippen molar-refractivity contribution in [3.63, 3.8) is 0 Å². The highest BCUT2D eigenvalue weighted by Crippen LogP contribution is 2.24. The largest absolute Gasteiger partial charge is 0.350 e. The van der Waals surface area contributed by atoms with Gasteiger partial charge in [-0.25, -0.2) is 9.97 Å². The minimum atomic E-state index is -0.198. The molecule has 1 aliphatic rings. The van der Waals surface area contributed by atoms with E-state index in [1.54, 1.807) is 12.5 Å². The summed E-state index contributed by atoms with van der Waals surface area (Å²) in [5.41, 5.74) is 2.80. The Hall–Kier alpha value is -3.22. The van der Waals surface area contributed by atoms with Gasteiger partial charge in [0.05, 0.1) is 17.6 Å². The second-order valence-electron chi connectivity index (χ2n) is 7.10. The molecule has 0 saturated heterocycles. The number of para-hydroxylation sites is 2. The Bertz CT molecular complexity index is 974. The standard InChI is InChI=1S/C21H23N5O2/c27-20(13-24-21(28)16-5-1-2-6-16)23-12-15-9-10-19(22-11-15)26-14-25-17-7-3-4-8-18(17)26/h3-4,7-11,14,16H,1-2,5-6,12-13H2,(H,23,27)(H,24,28). The van der Waals surface area contributed by atoms with Gasteiger partial charge in [-0.3, -0.25) is 14.2 Å². The van der Waals surface area contributed by atoms with Crippen LogP contribution in [0.2, 0.25) is 0 Å². The molecule has 7 heteroatoms. The molecule has 0 unspecified atom stereocenters. The van der Waals surface area contributed by atoms with E-state index in [0.29, 0.717) is 6.54 Å². The minimum Gasteiger partial charge on any atom is -0.350 e. The lowest BCUT2D eigenvalue weighted by Crippen LogP contribution is -2.38. The Labute approximate surface area is 163 Å². The smallest absolute Gasteiger partial charge is 0.239 e. The molecule has 144 valence electrons. The summed E-state index contributed by atoms with van der Waals surface area (Å²) >= 11 is 0. The molecular weight excluding hydrogens is 354 g/mol. The number of hydrogen-bond donors (Lipinski definition) is 2. The van der Waals surface area contributed by atoms with Crippen LogP contribution in [0.15, 0.2) is 48.9 Å². The molecule has 1 aliphatic carbocycles. The molecule has 0 bridgehead atoms. The highest BCUT2D eigenvalue weighted by molar-refractivity contribution is 5.85. The third-order valence-electron chi connectivity index (χ3n) is 5.15. The van der Waals surface area contributed by atoms with Gasteiger partial charge in [0.25, 0.3) is 0 Å². The molecule has 1 aromatic carbocycles. The summed E-state index contributed by atoms with van der Waals surface area (Å²) in [7, 11) is 0. The van der Waals surface area contributed by atoms with Crippen LogP contribution in [-0.4, -0.2) is 32.9 Å². The van der Waals surface area contributed by atoms with E-state index in [1.165, 1.54) is 0 Å². The number of carbonyl (C=O) groups is 2. The van der Waals surface area contributed by atoms with E-state index in [0.717, 1.165) is 48.1 Å². The van der Waals surface area contributed by atoms with Gasteiger partial charge in [0, 0.05) is 18.7 Å². The number of rotatable bonds is 6. The number of carbonyl (C=O) groups excluding carboxylic acids is 2. The third-order valence-corrected chi connectivity index (χ3v) is 5.15. The maximum Gasteiger partial charge on any atom is 0.239 e. The average molecular weight is 377 g/mol. The zero-order valence-electron chi connectivity index (χ0n) is 15.6. The van der Waals surface area contributed by atoms with E-state index in [4.69, 9.17) is 0 Å². The van der Waals surface area contributed by atoms with Crippen LogP contribution in [0.25, 0.3) is 16.9 Å². The van der Waals surface area contributed by atoms with Crippen molar-refractivity contribution in [2.24, 2.45) is 5.92 Å². The lowest BCUT2D eigenvalue weighted by Gasteiger charge is -2.11. The van der Waals surface area contributed by atoms with Gasteiger partial charge in [0.15, 0.2) is 0 Å². The minimum absolute atomic E-state index is 0.00812. The summed E-state index contributed by atoms with van der Waals surface area (Å²) < 4.78 is 1.93. The fourth-order valence-corrected chi connectivity index (χ4v) is 3.57. The van der Waals surface area contributed by atoms with Crippen molar-refractivity contribution in [3.8, 4) is 5.82 Å². The predicted molar refractivity (Wildman–Crippen MR) is 106 cm³/mol. The van der Waals surface area contributed by atoms with Gasteiger partial charge in [0.2, 0.25) is 11.8 Å². The molecule has 0 radical (unpaired) electrons. The highest BCUT2D eigenvalue weighted by Gasteiger charge is 2.22. The van der Waals surface area contributed by atoms with Crippen LogP contribution >= 0.6 is 0 Å². The molecule has 7 nitrogen and oxygen atoms in total. The van der Waals surface area contributed by atoms with E-state index in [1.807, 2.05) is 41.0 Å². The monoisotopic (exact) mass is 377 g/mol. The quantitative estimate of drug-likeness (QED) is 0.690. The van der Waals surface area contributed by atoms with Crippen LogP contribution in [0, 0.1) is 5.92 Å². The summed E-state index contributed by atoms with van der Waals surface area (Å²) in [5, 5.41) is 5.54. The van der Waals surface area contributed by atoms with E-state index in [2.05, 4.69) is 20.6 Å². The van der Waals surface area contributed by atoms with Crippen LogP contribution in [0.3, 0.4) is 0 Å². The number of imidazole rings is 1. The fourth-order valence-electron chi connectivity index (χ4n) is 3.57. The van der Waals surface area contributed by atoms with E-state index >= 15 is 0 Å². The van der Waals surface area contributed by atoms with Crippen molar-refractivity contribution in [1.82, 2.24) is 25.2 Å². The number of nitrogens with zero attached hydrogens (tertiary/aromatic N) is 3. The first-order chi connectivity index (χ1) is 13.7. The van der Waals surface area contributed by atoms with Crippen molar-refractivity contribution in [3.05, 3.63) is 54.5 Å². The van der Waals surface area contributed by atoms with Crippen molar-refractivity contribution in [2.75, 3.05) is 6.54 Å². The van der Waals surface area contributed by atoms with Crippen molar-refractivity contribution >= 4 is 22.8 Å². The summed E-state index contributed by atoms with van der Waals surface area (Å²) in [6.07, 6.45) is 7.54. The van der Waals surface area contributed by atoms with Crippen molar-refractivity contribution in [2.45, 2.75) is 32.2 Å². The number of benzene rings is 1. The lowest BCUT2D eigenvalue weighted by atomic mass is 10.1. The number of fused-ring (bicyclic) bond motifs is 1. The zero-order valence-corrected chi connectivity index (χ0v) is 15.6. The van der Waals surface area contributed by atoms with Crippen molar-refractivity contribution in [1.29, 1.82) is 0 Å². The molecule has 2 heterocycles. The van der Waals surface area contributed by atoms with Gasteiger partial charge >= 0.3 is 0 Å². The van der Waals surface area contributed by atoms with Gasteiger partial charge in [-0.1, -0.05) is 31.0 Å². The first-order valence-corrected chi connectivity index (χ1v) is 9.62. The second kappa shape index (κ2) is 8.21. The number of amides is 2. The molecule has 2 amide bonds. The maximum absolute atomic E-state index is 12.0. The normalized spacial score (nSPS) is 14.3. The van der Waals surface area contributed by atoms with Gasteiger partial charge < -0.3 is 10.6 Å². The number of nitrogens with one attached hydrogen (secondary N) is 2. The molecule has 3 aromatic rings. The van der Waals surface area contributed by atoms with E-state index < -0.39 is 0 Å². The topological polar surface area (TPSA) is 88.9 Å². The Morgan fingerprint density at radius 2 is 1.86 bits per heavy atom. The molecule has 28 heavy (non-hydrogen) atoms. The third kappa shape index (κ3) is 4.03. The van der Waals surface area contributed by atoms with Crippen LogP contribution in [0.4, 0.5) is 0 Å². The summed E-state index contributed by atoms with van der Waals surface area (Å²) in [4.78, 5) is 32.8. The van der Waals surface area contributed by atoms with E-state index in [9.17, 15) is 9.59 Å². The van der Waals surface area contributed by atoms with Crippen LogP contribution in [-0.2, 0) is 16.1 Å². The Balaban J connectivity index is 1.29. The first-order valence-electron chi connectivity index (χ1n) is 9.62. The Morgan fingerprint density at radius 1 is 1.04 bits per heavy atom. The maximum atomic E-state index is 12.0. The first kappa shape index (κ1) is 18.2. The number of pyridine rings is 1. The van der Waals surface area contributed by atoms with Crippen LogP contribution < -0.4 is 10.6 Å². The zero-order chi connectivity index (χ0) is 19.3. The number of hydrogen-bond acceptors (Lipinski definition) is 4. The molecule has 2 aromatic heterocycles. The van der Waals surface area contributed by atoms with Crippen molar-refractivity contribution < 1.29 is 9.59 Å². The summed E-state index contributed by atoms with van der Waals surface area (Å²) in [5.74, 6) is 0.638. The summed E-state index contributed by atoms with van der Waals surface area (Å²) in [6.45, 7) is 0.387. The molecular formula is C21H23N5O2. The molecule has 1 fully saturated rings. The predicted octanol–water partition coefficient (Wildman–Crippen LogP) is 2.34. The highest BCUT2D eigenvalue weighted by atomic mass is 16.2. The van der Waals surface area contributed by atoms with Crippen LogP contribution in [0.5, 0.6) is 0 Å². The van der Waals surface area contributed by atoms with Crippen LogP contribution in [0.1, 0.15) is 31.2 Å². The lowest BCUT2D eigenvalue weighted by molar-refractivity contribution is -0.128. The Morgan fingerprint density at radius 3 is 2.64 bits per heavy atom. The van der Waals surface area contributed by atoms with Gasteiger partial charge in [-0.05, 0) is 36.6 Å². The van der Waals surface area contributed by atoms with Gasteiger partial charge in [0.1, 0.15) is 12.1 Å². The molecule has 0 spiro atoms. The number of aromatic nitrogens is 3. The molecule has 2 N–H and O–H groups in total. The Kier molecular flexibility index (Phi) is 5.32. The second-order valence-corrected chi connectivity index (χ2v) is 7.10. The summed E-state index contributed by atoms with van der Waals surface area (Å²) in [6, 6.07) is 11.7. The molecule has 4 rings (SSSR count). The van der Waals surface area contributed by atoms with Gasteiger partial charge in [-0.15, -0.1) is 0 Å². The fraction of sp³-hybridized carbons (Fsp3) is 0.333. The van der Waals surface area contributed by atoms with E-state index in [-0.39, 0.29) is 24.3 Å². The molecule has 0 atom stereocenters. The molecule has 1 saturated carbocycles. The molecule has 0 aliphatic heterocycles. The SMILES string of the molecule is O=C(CNC(=O)C1CCCC1)NCc1ccc(-n2cnc3ccccc32)nc1. The van der Waals surface area contributed by atoms with Gasteiger partial charge in [-0.2, -0.15) is 0 Å².